The normalized spacial score (nSPS) is 12.2. The van der Waals surface area contributed by atoms with Gasteiger partial charge in [-0.15, -0.1) is 0 Å². The van der Waals surface area contributed by atoms with Crippen LogP contribution in [-0.4, -0.2) is 16.6 Å². The molecule has 0 aliphatic heterocycles. The van der Waals surface area contributed by atoms with Crippen LogP contribution in [0.5, 0.6) is 11.5 Å². The van der Waals surface area contributed by atoms with Crippen LogP contribution in [0.15, 0.2) is 54.6 Å². The molecule has 3 rings (SSSR count). The van der Waals surface area contributed by atoms with E-state index < -0.39 is 0 Å². The molecule has 1 aliphatic rings. The molecule has 0 aromatic heterocycles. The number of allylic oxidation sites excluding steroid dienone is 2. The SMILES string of the molecule is C=C(C#N)CSCCC1=CCc2cc(OCc3ccc(O)cc3C)ccc21. The lowest BCUT2D eigenvalue weighted by atomic mass is 10.0. The van der Waals surface area contributed by atoms with Crippen molar-refractivity contribution in [3.63, 3.8) is 0 Å². The number of aryl methyl sites for hydroxylation is 1. The molecule has 0 unspecified atom stereocenters. The summed E-state index contributed by atoms with van der Waals surface area (Å²) in [4.78, 5) is 0. The third-order valence-electron chi connectivity index (χ3n) is 4.66. The molecule has 0 saturated carbocycles. The summed E-state index contributed by atoms with van der Waals surface area (Å²) in [7, 11) is 0. The lowest BCUT2D eigenvalue weighted by Gasteiger charge is -2.11. The van der Waals surface area contributed by atoms with Crippen molar-refractivity contribution in [3.05, 3.63) is 76.9 Å². The second-order valence-corrected chi connectivity index (χ2v) is 7.78. The molecule has 0 heterocycles. The number of rotatable bonds is 8. The highest BCUT2D eigenvalue weighted by Crippen LogP contribution is 2.33. The summed E-state index contributed by atoms with van der Waals surface area (Å²) in [5.41, 5.74) is 6.71. The average molecular weight is 378 g/mol. The number of aromatic hydroxyl groups is 1. The molecular formula is C23H23NO2S. The summed E-state index contributed by atoms with van der Waals surface area (Å²) in [6, 6.07) is 13.7. The Kier molecular flexibility index (Phi) is 6.26. The first-order chi connectivity index (χ1) is 13.1. The topological polar surface area (TPSA) is 53.2 Å². The summed E-state index contributed by atoms with van der Waals surface area (Å²) < 4.78 is 5.96. The van der Waals surface area contributed by atoms with Crippen LogP contribution in [0, 0.1) is 18.3 Å². The monoisotopic (exact) mass is 377 g/mol. The quantitative estimate of drug-likeness (QED) is 0.493. The highest BCUT2D eigenvalue weighted by Gasteiger charge is 2.15. The fourth-order valence-electron chi connectivity index (χ4n) is 3.13. The smallest absolute Gasteiger partial charge is 0.120 e. The summed E-state index contributed by atoms with van der Waals surface area (Å²) in [6.45, 7) is 6.18. The van der Waals surface area contributed by atoms with Gasteiger partial charge in [0.1, 0.15) is 18.1 Å². The Morgan fingerprint density at radius 3 is 2.93 bits per heavy atom. The zero-order valence-electron chi connectivity index (χ0n) is 15.5. The maximum Gasteiger partial charge on any atom is 0.120 e. The molecule has 4 heteroatoms. The third-order valence-corrected chi connectivity index (χ3v) is 5.71. The van der Waals surface area contributed by atoms with E-state index >= 15 is 0 Å². The molecular weight excluding hydrogens is 354 g/mol. The molecule has 0 spiro atoms. The number of ether oxygens (including phenoxy) is 1. The Morgan fingerprint density at radius 2 is 2.15 bits per heavy atom. The van der Waals surface area contributed by atoms with Crippen LogP contribution in [0.1, 0.15) is 28.7 Å². The Hall–Kier alpha value is -2.64. The molecule has 2 aromatic rings. The van der Waals surface area contributed by atoms with E-state index in [9.17, 15) is 5.11 Å². The standard InChI is InChI=1S/C23H23NO2S/c1-16(13-24)15-27-10-9-18-3-4-19-12-22(7-8-23(18)19)26-14-20-5-6-21(25)11-17(20)2/h3,5-8,11-12,25H,1,4,9-10,14-15H2,2H3. The van der Waals surface area contributed by atoms with Gasteiger partial charge >= 0.3 is 0 Å². The molecule has 1 aliphatic carbocycles. The van der Waals surface area contributed by atoms with Gasteiger partial charge in [0.05, 0.1) is 6.07 Å². The van der Waals surface area contributed by atoms with Crippen molar-refractivity contribution in [3.8, 4) is 17.6 Å². The number of hydrogen-bond donors (Lipinski definition) is 1. The van der Waals surface area contributed by atoms with Crippen LogP contribution in [0.25, 0.3) is 5.57 Å². The molecule has 0 saturated heterocycles. The predicted octanol–water partition coefficient (Wildman–Crippen LogP) is 5.42. The van der Waals surface area contributed by atoms with Gasteiger partial charge in [-0.25, -0.2) is 0 Å². The van der Waals surface area contributed by atoms with Gasteiger partial charge in [-0.05, 0) is 77.6 Å². The maximum absolute atomic E-state index is 9.50. The first-order valence-corrected chi connectivity index (χ1v) is 10.1. The van der Waals surface area contributed by atoms with Crippen molar-refractivity contribution in [2.75, 3.05) is 11.5 Å². The van der Waals surface area contributed by atoms with Crippen LogP contribution in [-0.2, 0) is 13.0 Å². The first kappa shape index (κ1) is 19.1. The van der Waals surface area contributed by atoms with E-state index in [1.165, 1.54) is 16.7 Å². The van der Waals surface area contributed by atoms with E-state index in [4.69, 9.17) is 10.00 Å². The molecule has 27 heavy (non-hydrogen) atoms. The zero-order chi connectivity index (χ0) is 19.2. The largest absolute Gasteiger partial charge is 0.508 e. The molecule has 1 N–H and O–H groups in total. The fraction of sp³-hybridized carbons (Fsp3) is 0.261. The van der Waals surface area contributed by atoms with Crippen molar-refractivity contribution in [1.82, 2.24) is 0 Å². The second kappa shape index (κ2) is 8.83. The van der Waals surface area contributed by atoms with E-state index in [0.29, 0.717) is 17.9 Å². The second-order valence-electron chi connectivity index (χ2n) is 6.67. The van der Waals surface area contributed by atoms with Crippen molar-refractivity contribution in [2.45, 2.75) is 26.4 Å². The van der Waals surface area contributed by atoms with E-state index in [-0.39, 0.29) is 5.75 Å². The van der Waals surface area contributed by atoms with Gasteiger partial charge < -0.3 is 9.84 Å². The lowest BCUT2D eigenvalue weighted by Crippen LogP contribution is -1.98. The van der Waals surface area contributed by atoms with Crippen molar-refractivity contribution >= 4 is 17.3 Å². The molecule has 0 fully saturated rings. The number of benzene rings is 2. The average Bonchev–Trinajstić information content (AvgIpc) is 3.06. The number of phenolic OH excluding ortho intramolecular Hbond substituents is 1. The van der Waals surface area contributed by atoms with Gasteiger partial charge in [-0.3, -0.25) is 0 Å². The molecule has 0 bridgehead atoms. The van der Waals surface area contributed by atoms with Crippen LogP contribution in [0.2, 0.25) is 0 Å². The van der Waals surface area contributed by atoms with Gasteiger partial charge in [0.25, 0.3) is 0 Å². The van der Waals surface area contributed by atoms with E-state index in [1.54, 1.807) is 23.9 Å². The number of nitrogens with zero attached hydrogens (tertiary/aromatic N) is 1. The Morgan fingerprint density at radius 1 is 1.30 bits per heavy atom. The molecule has 138 valence electrons. The molecule has 3 nitrogen and oxygen atoms in total. The summed E-state index contributed by atoms with van der Waals surface area (Å²) in [5, 5.41) is 18.3. The van der Waals surface area contributed by atoms with Gasteiger partial charge in [0.2, 0.25) is 0 Å². The van der Waals surface area contributed by atoms with Gasteiger partial charge in [0.15, 0.2) is 0 Å². The summed E-state index contributed by atoms with van der Waals surface area (Å²) in [6.07, 6.45) is 4.23. The molecule has 2 aromatic carbocycles. The number of thioether (sulfide) groups is 1. The van der Waals surface area contributed by atoms with Crippen molar-refractivity contribution < 1.29 is 9.84 Å². The lowest BCUT2D eigenvalue weighted by molar-refractivity contribution is 0.305. The van der Waals surface area contributed by atoms with Gasteiger partial charge in [0, 0.05) is 11.3 Å². The minimum atomic E-state index is 0.280. The minimum Gasteiger partial charge on any atom is -0.508 e. The predicted molar refractivity (Wildman–Crippen MR) is 112 cm³/mol. The summed E-state index contributed by atoms with van der Waals surface area (Å²) in [5.74, 6) is 2.85. The number of nitriles is 1. The van der Waals surface area contributed by atoms with Gasteiger partial charge in [-0.2, -0.15) is 17.0 Å². The fourth-order valence-corrected chi connectivity index (χ4v) is 3.95. The Balaban J connectivity index is 1.55. The molecule has 0 amide bonds. The van der Waals surface area contributed by atoms with Crippen molar-refractivity contribution in [2.24, 2.45) is 0 Å². The third kappa shape index (κ3) is 4.96. The highest BCUT2D eigenvalue weighted by molar-refractivity contribution is 7.99. The van der Waals surface area contributed by atoms with E-state index in [0.717, 1.165) is 35.5 Å². The molecule has 0 radical (unpaired) electrons. The van der Waals surface area contributed by atoms with E-state index in [2.05, 4.69) is 30.9 Å². The van der Waals surface area contributed by atoms with Crippen LogP contribution in [0.3, 0.4) is 0 Å². The highest BCUT2D eigenvalue weighted by atomic mass is 32.2. The van der Waals surface area contributed by atoms with E-state index in [1.807, 2.05) is 19.1 Å². The zero-order valence-corrected chi connectivity index (χ0v) is 16.3. The number of fused-ring (bicyclic) bond motifs is 1. The minimum absolute atomic E-state index is 0.280. The number of phenols is 1. The van der Waals surface area contributed by atoms with Crippen LogP contribution < -0.4 is 4.74 Å². The summed E-state index contributed by atoms with van der Waals surface area (Å²) >= 11 is 1.75. The number of hydrogen-bond acceptors (Lipinski definition) is 4. The van der Waals surface area contributed by atoms with Crippen molar-refractivity contribution in [1.29, 1.82) is 5.26 Å². The Bertz CT molecular complexity index is 924. The van der Waals surface area contributed by atoms with Crippen LogP contribution in [0.4, 0.5) is 0 Å². The maximum atomic E-state index is 9.50. The Labute approximate surface area is 165 Å². The molecule has 0 atom stereocenters. The van der Waals surface area contributed by atoms with Gasteiger partial charge in [-0.1, -0.05) is 24.8 Å². The first-order valence-electron chi connectivity index (χ1n) is 8.96. The van der Waals surface area contributed by atoms with Crippen LogP contribution >= 0.6 is 11.8 Å².